The predicted octanol–water partition coefficient (Wildman–Crippen LogP) is 1.46. The number of nitrogens with one attached hydrogen (secondary N) is 1. The van der Waals surface area contributed by atoms with Crippen molar-refractivity contribution in [1.29, 1.82) is 0 Å². The van der Waals surface area contributed by atoms with Crippen LogP contribution in [0.2, 0.25) is 0 Å². The summed E-state index contributed by atoms with van der Waals surface area (Å²) >= 11 is 1.13. The van der Waals surface area contributed by atoms with E-state index in [4.69, 9.17) is 4.74 Å². The summed E-state index contributed by atoms with van der Waals surface area (Å²) in [6.07, 6.45) is 1.37. The number of carbonyl (C=O) groups excluding carboxylic acids is 1. The van der Waals surface area contributed by atoms with Crippen LogP contribution in [0.15, 0.2) is 58.6 Å². The van der Waals surface area contributed by atoms with Crippen LogP contribution in [0.3, 0.4) is 0 Å². The lowest BCUT2D eigenvalue weighted by molar-refractivity contribution is -0.645. The van der Waals surface area contributed by atoms with Gasteiger partial charge in [0.2, 0.25) is 15.9 Å². The minimum Gasteiger partial charge on any atom is -0.618 e. The summed E-state index contributed by atoms with van der Waals surface area (Å²) in [7, 11) is -3.64. The summed E-state index contributed by atoms with van der Waals surface area (Å²) in [5.74, 6) is -0.324. The van der Waals surface area contributed by atoms with Gasteiger partial charge in [-0.3, -0.25) is 4.79 Å². The van der Waals surface area contributed by atoms with Crippen LogP contribution in [0.5, 0.6) is 0 Å². The van der Waals surface area contributed by atoms with Crippen molar-refractivity contribution < 1.29 is 22.7 Å². The molecule has 1 aliphatic rings. The lowest BCUT2D eigenvalue weighted by Gasteiger charge is -2.26. The molecular weight excluding hydrogens is 402 g/mol. The molecule has 0 aliphatic carbocycles. The highest BCUT2D eigenvalue weighted by atomic mass is 32.2. The summed E-state index contributed by atoms with van der Waals surface area (Å²) in [4.78, 5) is 12.6. The number of carbonyl (C=O) groups is 1. The third kappa shape index (κ3) is 4.82. The summed E-state index contributed by atoms with van der Waals surface area (Å²) < 4.78 is 32.8. The summed E-state index contributed by atoms with van der Waals surface area (Å²) in [6, 6.07) is 11.1. The number of rotatable bonds is 6. The van der Waals surface area contributed by atoms with Gasteiger partial charge in [0.05, 0.1) is 23.4 Å². The summed E-state index contributed by atoms with van der Waals surface area (Å²) in [6.45, 7) is 3.02. The lowest BCUT2D eigenvalue weighted by Crippen LogP contribution is -2.40. The van der Waals surface area contributed by atoms with Crippen LogP contribution in [-0.2, 0) is 19.6 Å². The average molecular weight is 424 g/mol. The molecule has 0 spiro atoms. The Labute approximate surface area is 168 Å². The molecule has 1 atom stereocenters. The fraction of sp³-hybridized carbons (Fsp3) is 0.333. The maximum atomic E-state index is 12.8. The highest BCUT2D eigenvalue weighted by molar-refractivity contribution is 8.00. The molecule has 1 fully saturated rings. The van der Waals surface area contributed by atoms with E-state index in [0.717, 1.165) is 11.8 Å². The number of benzene rings is 1. The standard InChI is InChI=1S/C18H21N3O5S2/c1-14(27-17-7-2-3-8-21(17)23)18(22)19-15-5-4-6-16(13-15)28(24,25)20-9-11-26-12-10-20/h2-8,13-14H,9-12H2,1H3,(H,19,22)/t14-/m1/s1. The normalized spacial score (nSPS) is 16.5. The zero-order chi connectivity index (χ0) is 20.1. The second kappa shape index (κ2) is 8.91. The first-order chi connectivity index (χ1) is 13.4. The summed E-state index contributed by atoms with van der Waals surface area (Å²) in [5, 5.41) is 14.3. The molecule has 1 aromatic carbocycles. The van der Waals surface area contributed by atoms with E-state index in [2.05, 4.69) is 5.32 Å². The van der Waals surface area contributed by atoms with Crippen LogP contribution in [-0.4, -0.2) is 50.2 Å². The monoisotopic (exact) mass is 423 g/mol. The lowest BCUT2D eigenvalue weighted by atomic mass is 10.3. The first kappa shape index (κ1) is 20.6. The Hall–Kier alpha value is -2.14. The molecule has 1 aliphatic heterocycles. The Balaban J connectivity index is 1.70. The van der Waals surface area contributed by atoms with Gasteiger partial charge in [-0.1, -0.05) is 6.07 Å². The molecule has 1 saturated heterocycles. The van der Waals surface area contributed by atoms with E-state index in [-0.39, 0.29) is 10.8 Å². The van der Waals surface area contributed by atoms with E-state index in [1.54, 1.807) is 37.3 Å². The van der Waals surface area contributed by atoms with Gasteiger partial charge in [-0.05, 0) is 43.0 Å². The second-order valence-electron chi connectivity index (χ2n) is 6.16. The van der Waals surface area contributed by atoms with Gasteiger partial charge in [0, 0.05) is 30.9 Å². The molecule has 1 amide bonds. The molecule has 0 radical (unpaired) electrons. The fourth-order valence-corrected chi connectivity index (χ4v) is 4.96. The third-order valence-corrected chi connectivity index (χ3v) is 7.18. The zero-order valence-corrected chi connectivity index (χ0v) is 16.9. The molecule has 8 nitrogen and oxygen atoms in total. The molecule has 150 valence electrons. The largest absolute Gasteiger partial charge is 0.618 e. The van der Waals surface area contributed by atoms with Crippen molar-refractivity contribution in [2.24, 2.45) is 0 Å². The second-order valence-corrected chi connectivity index (χ2v) is 9.46. The fourth-order valence-electron chi connectivity index (χ4n) is 2.65. The number of nitrogens with zero attached hydrogens (tertiary/aromatic N) is 2. The Morgan fingerprint density at radius 1 is 1.25 bits per heavy atom. The van der Waals surface area contributed by atoms with Gasteiger partial charge in [-0.2, -0.15) is 9.04 Å². The van der Waals surface area contributed by atoms with Crippen molar-refractivity contribution in [3.8, 4) is 0 Å². The Kier molecular flexibility index (Phi) is 6.55. The first-order valence-corrected chi connectivity index (χ1v) is 11.0. The van der Waals surface area contributed by atoms with Crippen LogP contribution in [0.1, 0.15) is 6.92 Å². The molecule has 0 saturated carbocycles. The van der Waals surface area contributed by atoms with Crippen molar-refractivity contribution in [3.05, 3.63) is 53.9 Å². The molecule has 0 bridgehead atoms. The molecular formula is C18H21N3O5S2. The third-order valence-electron chi connectivity index (χ3n) is 4.16. The van der Waals surface area contributed by atoms with Gasteiger partial charge in [0.1, 0.15) is 0 Å². The van der Waals surface area contributed by atoms with Gasteiger partial charge in [-0.15, -0.1) is 0 Å². The number of pyridine rings is 1. The van der Waals surface area contributed by atoms with Crippen molar-refractivity contribution in [2.75, 3.05) is 31.6 Å². The quantitative estimate of drug-likeness (QED) is 0.429. The molecule has 10 heteroatoms. The van der Waals surface area contributed by atoms with E-state index >= 15 is 0 Å². The molecule has 0 unspecified atom stereocenters. The van der Waals surface area contributed by atoms with E-state index in [0.29, 0.717) is 41.7 Å². The van der Waals surface area contributed by atoms with Gasteiger partial charge < -0.3 is 15.3 Å². The van der Waals surface area contributed by atoms with Crippen LogP contribution < -0.4 is 10.0 Å². The number of aromatic nitrogens is 1. The van der Waals surface area contributed by atoms with Crippen molar-refractivity contribution >= 4 is 33.4 Å². The Bertz CT molecular complexity index is 946. The van der Waals surface area contributed by atoms with Gasteiger partial charge >= 0.3 is 0 Å². The highest BCUT2D eigenvalue weighted by Gasteiger charge is 2.27. The maximum Gasteiger partial charge on any atom is 0.252 e. The minimum atomic E-state index is -3.64. The molecule has 1 aromatic heterocycles. The number of thioether (sulfide) groups is 1. The smallest absolute Gasteiger partial charge is 0.252 e. The molecule has 28 heavy (non-hydrogen) atoms. The van der Waals surface area contributed by atoms with Gasteiger partial charge in [0.15, 0.2) is 6.20 Å². The number of hydrogen-bond donors (Lipinski definition) is 1. The Morgan fingerprint density at radius 2 is 2.00 bits per heavy atom. The number of ether oxygens (including phenoxy) is 1. The Morgan fingerprint density at radius 3 is 2.71 bits per heavy atom. The van der Waals surface area contributed by atoms with Crippen LogP contribution in [0.25, 0.3) is 0 Å². The minimum absolute atomic E-state index is 0.118. The average Bonchev–Trinajstić information content (AvgIpc) is 2.70. The number of hydrogen-bond acceptors (Lipinski definition) is 6. The molecule has 3 rings (SSSR count). The molecule has 2 aromatic rings. The first-order valence-electron chi connectivity index (χ1n) is 8.71. The number of amides is 1. The van der Waals surface area contributed by atoms with Crippen molar-refractivity contribution in [2.45, 2.75) is 22.1 Å². The van der Waals surface area contributed by atoms with Gasteiger partial charge in [0.25, 0.3) is 5.03 Å². The van der Waals surface area contributed by atoms with Crippen molar-refractivity contribution in [1.82, 2.24) is 4.31 Å². The van der Waals surface area contributed by atoms with E-state index < -0.39 is 15.3 Å². The predicted molar refractivity (Wildman–Crippen MR) is 105 cm³/mol. The maximum absolute atomic E-state index is 12.8. The van der Waals surface area contributed by atoms with Crippen LogP contribution >= 0.6 is 11.8 Å². The highest BCUT2D eigenvalue weighted by Crippen LogP contribution is 2.23. The number of sulfonamides is 1. The van der Waals surface area contributed by atoms with E-state index in [9.17, 15) is 18.4 Å². The number of anilines is 1. The zero-order valence-electron chi connectivity index (χ0n) is 15.3. The van der Waals surface area contributed by atoms with Crippen LogP contribution in [0.4, 0.5) is 5.69 Å². The summed E-state index contributed by atoms with van der Waals surface area (Å²) in [5.41, 5.74) is 0.384. The molecule has 1 N–H and O–H groups in total. The van der Waals surface area contributed by atoms with Crippen LogP contribution in [0, 0.1) is 5.21 Å². The number of morpholine rings is 1. The SMILES string of the molecule is C[C@@H](Sc1cccc[n+]1[O-])C(=O)Nc1cccc(S(=O)(=O)N2CCOCC2)c1. The molecule has 2 heterocycles. The van der Waals surface area contributed by atoms with Gasteiger partial charge in [-0.25, -0.2) is 8.42 Å². The topological polar surface area (TPSA) is 103 Å². The van der Waals surface area contributed by atoms with E-state index in [1.807, 2.05) is 0 Å². The van der Waals surface area contributed by atoms with Crippen molar-refractivity contribution in [3.63, 3.8) is 0 Å². The van der Waals surface area contributed by atoms with E-state index in [1.165, 1.54) is 22.6 Å².